The third-order valence-corrected chi connectivity index (χ3v) is 3.20. The van der Waals surface area contributed by atoms with Crippen molar-refractivity contribution in [2.24, 2.45) is 0 Å². The summed E-state index contributed by atoms with van der Waals surface area (Å²) in [5.41, 5.74) is 2.06. The molecule has 4 heteroatoms. The molecular weight excluding hydrogens is 264 g/mol. The smallest absolute Gasteiger partial charge is 0.407 e. The molecule has 21 heavy (non-hydrogen) atoms. The highest BCUT2D eigenvalue weighted by Crippen LogP contribution is 2.09. The molecule has 0 aliphatic rings. The molecule has 1 amide bonds. The lowest BCUT2D eigenvalue weighted by Gasteiger charge is -2.26. The molecule has 1 aromatic carbocycles. The van der Waals surface area contributed by atoms with Crippen LogP contribution in [0.1, 0.15) is 31.9 Å². The Hall–Kier alpha value is -1.55. The predicted octanol–water partition coefficient (Wildman–Crippen LogP) is 2.99. The molecule has 1 atom stereocenters. The molecule has 1 unspecified atom stereocenters. The number of benzene rings is 1. The van der Waals surface area contributed by atoms with Gasteiger partial charge in [0.2, 0.25) is 0 Å². The van der Waals surface area contributed by atoms with Crippen molar-refractivity contribution in [3.63, 3.8) is 0 Å². The van der Waals surface area contributed by atoms with E-state index < -0.39 is 5.60 Å². The Morgan fingerprint density at radius 2 is 1.81 bits per heavy atom. The zero-order chi connectivity index (χ0) is 16.0. The molecular formula is C17H28N2O2. The average Bonchev–Trinajstić information content (AvgIpc) is 2.34. The van der Waals surface area contributed by atoms with E-state index in [4.69, 9.17) is 4.74 Å². The van der Waals surface area contributed by atoms with Crippen LogP contribution in [0.5, 0.6) is 0 Å². The van der Waals surface area contributed by atoms with Crippen LogP contribution in [0.4, 0.5) is 4.79 Å². The van der Waals surface area contributed by atoms with Gasteiger partial charge in [-0.2, -0.15) is 0 Å². The van der Waals surface area contributed by atoms with Crippen LogP contribution >= 0.6 is 0 Å². The van der Waals surface area contributed by atoms with Gasteiger partial charge in [0.15, 0.2) is 0 Å². The lowest BCUT2D eigenvalue weighted by molar-refractivity contribution is 0.0514. The maximum absolute atomic E-state index is 11.7. The maximum Gasteiger partial charge on any atom is 0.407 e. The molecule has 0 saturated heterocycles. The highest BCUT2D eigenvalue weighted by Gasteiger charge is 2.18. The van der Waals surface area contributed by atoms with Crippen molar-refractivity contribution in [2.75, 3.05) is 20.6 Å². The van der Waals surface area contributed by atoms with E-state index in [-0.39, 0.29) is 12.1 Å². The molecule has 0 aliphatic heterocycles. The SMILES string of the molecule is Cc1ccc(CC(CNC(=O)OC(C)(C)C)N(C)C)cc1. The summed E-state index contributed by atoms with van der Waals surface area (Å²) < 4.78 is 5.27. The van der Waals surface area contributed by atoms with Gasteiger partial charge in [-0.25, -0.2) is 4.79 Å². The van der Waals surface area contributed by atoms with E-state index >= 15 is 0 Å². The third kappa shape index (κ3) is 7.14. The minimum absolute atomic E-state index is 0.236. The second-order valence-electron chi connectivity index (χ2n) is 6.69. The Kier molecular flexibility index (Phi) is 6.21. The van der Waals surface area contributed by atoms with Crippen molar-refractivity contribution in [2.45, 2.75) is 45.8 Å². The van der Waals surface area contributed by atoms with Crippen LogP contribution in [0.2, 0.25) is 0 Å². The number of rotatable bonds is 5. The van der Waals surface area contributed by atoms with Gasteiger partial charge >= 0.3 is 6.09 Å². The second-order valence-corrected chi connectivity index (χ2v) is 6.69. The fraction of sp³-hybridized carbons (Fsp3) is 0.588. The normalized spacial score (nSPS) is 13.1. The summed E-state index contributed by atoms with van der Waals surface area (Å²) in [5.74, 6) is 0. The monoisotopic (exact) mass is 292 g/mol. The van der Waals surface area contributed by atoms with E-state index in [9.17, 15) is 4.79 Å². The average molecular weight is 292 g/mol. The van der Waals surface area contributed by atoms with Crippen molar-refractivity contribution >= 4 is 6.09 Å². The van der Waals surface area contributed by atoms with Crippen LogP contribution in [0, 0.1) is 6.92 Å². The largest absolute Gasteiger partial charge is 0.444 e. The summed E-state index contributed by atoms with van der Waals surface area (Å²) in [6.45, 7) is 8.24. The van der Waals surface area contributed by atoms with Crippen molar-refractivity contribution in [3.05, 3.63) is 35.4 Å². The number of amides is 1. The Labute approximate surface area is 128 Å². The molecule has 0 bridgehead atoms. The molecule has 0 saturated carbocycles. The van der Waals surface area contributed by atoms with Gasteiger partial charge in [0.05, 0.1) is 0 Å². The van der Waals surface area contributed by atoms with E-state index in [0.717, 1.165) is 6.42 Å². The molecule has 0 heterocycles. The fourth-order valence-electron chi connectivity index (χ4n) is 1.95. The van der Waals surface area contributed by atoms with Crippen LogP contribution in [-0.2, 0) is 11.2 Å². The molecule has 0 radical (unpaired) electrons. The Morgan fingerprint density at radius 1 is 1.24 bits per heavy atom. The van der Waals surface area contributed by atoms with Crippen LogP contribution in [0.3, 0.4) is 0 Å². The number of carbonyl (C=O) groups excluding carboxylic acids is 1. The molecule has 4 nitrogen and oxygen atoms in total. The van der Waals surface area contributed by atoms with Crippen LogP contribution < -0.4 is 5.32 Å². The van der Waals surface area contributed by atoms with E-state index in [0.29, 0.717) is 6.54 Å². The van der Waals surface area contributed by atoms with Gasteiger partial charge in [0.25, 0.3) is 0 Å². The Balaban J connectivity index is 2.54. The zero-order valence-corrected chi connectivity index (χ0v) is 14.1. The molecule has 1 aromatic rings. The molecule has 0 aliphatic carbocycles. The van der Waals surface area contributed by atoms with Crippen LogP contribution in [0.25, 0.3) is 0 Å². The summed E-state index contributed by atoms with van der Waals surface area (Å²) in [4.78, 5) is 13.9. The Bertz CT molecular complexity index is 447. The first-order chi connectivity index (χ1) is 9.67. The minimum Gasteiger partial charge on any atom is -0.444 e. The number of hydrogen-bond acceptors (Lipinski definition) is 3. The number of likely N-dealkylation sites (N-methyl/N-ethyl adjacent to an activating group) is 1. The van der Waals surface area contributed by atoms with Gasteiger partial charge in [-0.3, -0.25) is 0 Å². The lowest BCUT2D eigenvalue weighted by Crippen LogP contribution is -2.43. The van der Waals surface area contributed by atoms with Crippen LogP contribution in [-0.4, -0.2) is 43.3 Å². The number of nitrogens with zero attached hydrogens (tertiary/aromatic N) is 1. The number of ether oxygens (including phenoxy) is 1. The summed E-state index contributed by atoms with van der Waals surface area (Å²) in [5, 5.41) is 2.85. The van der Waals surface area contributed by atoms with E-state index in [2.05, 4.69) is 41.4 Å². The number of carbonyl (C=O) groups is 1. The molecule has 118 valence electrons. The van der Waals surface area contributed by atoms with Gasteiger partial charge in [-0.1, -0.05) is 29.8 Å². The van der Waals surface area contributed by atoms with E-state index in [1.165, 1.54) is 11.1 Å². The van der Waals surface area contributed by atoms with Gasteiger partial charge in [0.1, 0.15) is 5.60 Å². The van der Waals surface area contributed by atoms with Crippen LogP contribution in [0.15, 0.2) is 24.3 Å². The third-order valence-electron chi connectivity index (χ3n) is 3.20. The van der Waals surface area contributed by atoms with Gasteiger partial charge < -0.3 is 15.0 Å². The highest BCUT2D eigenvalue weighted by atomic mass is 16.6. The molecule has 0 spiro atoms. The first-order valence-electron chi connectivity index (χ1n) is 7.36. The molecule has 0 aromatic heterocycles. The minimum atomic E-state index is -0.464. The lowest BCUT2D eigenvalue weighted by atomic mass is 10.0. The molecule has 1 rings (SSSR count). The van der Waals surface area contributed by atoms with Gasteiger partial charge in [0, 0.05) is 12.6 Å². The number of alkyl carbamates (subject to hydrolysis) is 1. The predicted molar refractivity (Wildman–Crippen MR) is 86.6 cm³/mol. The standard InChI is InChI=1S/C17H28N2O2/c1-13-7-9-14(10-8-13)11-15(19(5)6)12-18-16(20)21-17(2,3)4/h7-10,15H,11-12H2,1-6H3,(H,18,20). The fourth-order valence-corrected chi connectivity index (χ4v) is 1.95. The summed E-state index contributed by atoms with van der Waals surface area (Å²) >= 11 is 0. The van der Waals surface area contributed by atoms with Crippen molar-refractivity contribution < 1.29 is 9.53 Å². The Morgan fingerprint density at radius 3 is 2.29 bits per heavy atom. The van der Waals surface area contributed by atoms with Gasteiger partial charge in [-0.05, 0) is 53.8 Å². The summed E-state index contributed by atoms with van der Waals surface area (Å²) in [7, 11) is 4.05. The maximum atomic E-state index is 11.7. The summed E-state index contributed by atoms with van der Waals surface area (Å²) in [6, 6.07) is 8.74. The summed E-state index contributed by atoms with van der Waals surface area (Å²) in [6.07, 6.45) is 0.529. The van der Waals surface area contributed by atoms with Gasteiger partial charge in [-0.15, -0.1) is 0 Å². The van der Waals surface area contributed by atoms with E-state index in [1.807, 2.05) is 34.9 Å². The topological polar surface area (TPSA) is 41.6 Å². The zero-order valence-electron chi connectivity index (χ0n) is 14.1. The first kappa shape index (κ1) is 17.5. The number of nitrogens with one attached hydrogen (secondary N) is 1. The van der Waals surface area contributed by atoms with Crippen molar-refractivity contribution in [1.82, 2.24) is 10.2 Å². The highest BCUT2D eigenvalue weighted by molar-refractivity contribution is 5.67. The van der Waals surface area contributed by atoms with Crippen molar-refractivity contribution in [3.8, 4) is 0 Å². The number of hydrogen-bond donors (Lipinski definition) is 1. The molecule has 0 fully saturated rings. The second kappa shape index (κ2) is 7.46. The first-order valence-corrected chi connectivity index (χ1v) is 7.36. The van der Waals surface area contributed by atoms with E-state index in [1.54, 1.807) is 0 Å². The molecule has 1 N–H and O–H groups in total. The number of aryl methyl sites for hydroxylation is 1. The quantitative estimate of drug-likeness (QED) is 0.907. The van der Waals surface area contributed by atoms with Crippen molar-refractivity contribution in [1.29, 1.82) is 0 Å².